The fraction of sp³-hybridized carbons (Fsp3) is 0.417. The fourth-order valence-electron chi connectivity index (χ4n) is 1.44. The number of benzene rings is 1. The van der Waals surface area contributed by atoms with Gasteiger partial charge in [0.25, 0.3) is 0 Å². The Bertz CT molecular complexity index is 409. The van der Waals surface area contributed by atoms with E-state index in [9.17, 15) is 4.79 Å². The number of carbonyl (C=O) groups excluding carboxylic acids is 1. The SMILES string of the molecule is CCC(N)C(=O)N(C)Cc1ccc(Cl)cc1Cl. The molecule has 0 aliphatic rings. The van der Waals surface area contributed by atoms with Crippen molar-refractivity contribution in [3.63, 3.8) is 0 Å². The lowest BCUT2D eigenvalue weighted by Crippen LogP contribution is -2.40. The van der Waals surface area contributed by atoms with E-state index in [4.69, 9.17) is 28.9 Å². The van der Waals surface area contributed by atoms with E-state index in [1.165, 1.54) is 0 Å². The van der Waals surface area contributed by atoms with Gasteiger partial charge in [0.1, 0.15) is 0 Å². The summed E-state index contributed by atoms with van der Waals surface area (Å²) in [4.78, 5) is 13.4. The predicted molar refractivity (Wildman–Crippen MR) is 71.2 cm³/mol. The third-order valence-corrected chi connectivity index (χ3v) is 3.14. The van der Waals surface area contributed by atoms with E-state index in [0.29, 0.717) is 23.0 Å². The van der Waals surface area contributed by atoms with Gasteiger partial charge in [-0.25, -0.2) is 0 Å². The molecular weight excluding hydrogens is 259 g/mol. The van der Waals surface area contributed by atoms with Crippen molar-refractivity contribution >= 4 is 29.1 Å². The summed E-state index contributed by atoms with van der Waals surface area (Å²) < 4.78 is 0. The zero-order valence-electron chi connectivity index (χ0n) is 9.91. The molecule has 5 heteroatoms. The van der Waals surface area contributed by atoms with Gasteiger partial charge in [-0.05, 0) is 24.1 Å². The quantitative estimate of drug-likeness (QED) is 0.918. The van der Waals surface area contributed by atoms with Crippen LogP contribution in [0.1, 0.15) is 18.9 Å². The van der Waals surface area contributed by atoms with E-state index in [-0.39, 0.29) is 5.91 Å². The van der Waals surface area contributed by atoms with Crippen molar-refractivity contribution in [1.82, 2.24) is 4.90 Å². The van der Waals surface area contributed by atoms with Gasteiger partial charge in [-0.1, -0.05) is 36.2 Å². The lowest BCUT2D eigenvalue weighted by molar-refractivity contribution is -0.131. The van der Waals surface area contributed by atoms with Crippen LogP contribution >= 0.6 is 23.2 Å². The molecule has 0 aromatic heterocycles. The highest BCUT2D eigenvalue weighted by atomic mass is 35.5. The Labute approximate surface area is 111 Å². The normalized spacial score (nSPS) is 12.3. The average molecular weight is 275 g/mol. The van der Waals surface area contributed by atoms with Gasteiger partial charge in [-0.3, -0.25) is 4.79 Å². The lowest BCUT2D eigenvalue weighted by Gasteiger charge is -2.21. The van der Waals surface area contributed by atoms with Crippen LogP contribution in [0.5, 0.6) is 0 Å². The summed E-state index contributed by atoms with van der Waals surface area (Å²) >= 11 is 11.8. The monoisotopic (exact) mass is 274 g/mol. The van der Waals surface area contributed by atoms with Crippen molar-refractivity contribution in [1.29, 1.82) is 0 Å². The van der Waals surface area contributed by atoms with Gasteiger partial charge in [0.05, 0.1) is 6.04 Å². The largest absolute Gasteiger partial charge is 0.340 e. The molecule has 0 radical (unpaired) electrons. The molecule has 0 saturated carbocycles. The molecule has 0 bridgehead atoms. The van der Waals surface area contributed by atoms with Crippen LogP contribution in [0, 0.1) is 0 Å². The zero-order chi connectivity index (χ0) is 13.0. The molecule has 0 aliphatic carbocycles. The van der Waals surface area contributed by atoms with Crippen LogP contribution < -0.4 is 5.73 Å². The molecule has 0 fully saturated rings. The number of likely N-dealkylation sites (N-methyl/N-ethyl adjacent to an activating group) is 1. The number of amides is 1. The number of hydrogen-bond donors (Lipinski definition) is 1. The van der Waals surface area contributed by atoms with Crippen LogP contribution in [0.2, 0.25) is 10.0 Å². The number of rotatable bonds is 4. The zero-order valence-corrected chi connectivity index (χ0v) is 11.4. The van der Waals surface area contributed by atoms with Crippen LogP contribution in [0.25, 0.3) is 0 Å². The minimum absolute atomic E-state index is 0.0847. The first-order chi connectivity index (χ1) is 7.95. The van der Waals surface area contributed by atoms with E-state index in [1.807, 2.05) is 13.0 Å². The number of hydrogen-bond acceptors (Lipinski definition) is 2. The van der Waals surface area contributed by atoms with Crippen LogP contribution in [0.15, 0.2) is 18.2 Å². The second kappa shape index (κ2) is 6.24. The van der Waals surface area contributed by atoms with E-state index < -0.39 is 6.04 Å². The van der Waals surface area contributed by atoms with Gasteiger partial charge in [-0.15, -0.1) is 0 Å². The van der Waals surface area contributed by atoms with E-state index >= 15 is 0 Å². The molecule has 0 spiro atoms. The summed E-state index contributed by atoms with van der Waals surface area (Å²) in [5, 5.41) is 1.14. The Morgan fingerprint density at radius 2 is 2.12 bits per heavy atom. The van der Waals surface area contributed by atoms with Crippen LogP contribution in [0.3, 0.4) is 0 Å². The molecule has 1 aromatic rings. The Morgan fingerprint density at radius 3 is 2.65 bits per heavy atom. The summed E-state index contributed by atoms with van der Waals surface area (Å²) in [6, 6.07) is 4.77. The van der Waals surface area contributed by atoms with Crippen molar-refractivity contribution in [3.05, 3.63) is 33.8 Å². The topological polar surface area (TPSA) is 46.3 Å². The Morgan fingerprint density at radius 1 is 1.47 bits per heavy atom. The predicted octanol–water partition coefficient (Wildman–Crippen LogP) is 2.69. The summed E-state index contributed by atoms with van der Waals surface area (Å²) in [6.07, 6.45) is 0.623. The van der Waals surface area contributed by atoms with Crippen molar-refractivity contribution in [3.8, 4) is 0 Å². The third-order valence-electron chi connectivity index (χ3n) is 2.56. The number of nitrogens with two attached hydrogens (primary N) is 1. The van der Waals surface area contributed by atoms with E-state index in [0.717, 1.165) is 5.56 Å². The van der Waals surface area contributed by atoms with Gasteiger partial charge in [0.2, 0.25) is 5.91 Å². The highest BCUT2D eigenvalue weighted by Crippen LogP contribution is 2.22. The number of nitrogens with zero attached hydrogens (tertiary/aromatic N) is 1. The third kappa shape index (κ3) is 3.87. The van der Waals surface area contributed by atoms with Crippen molar-refractivity contribution < 1.29 is 4.79 Å². The molecule has 0 saturated heterocycles. The molecule has 0 heterocycles. The summed E-state index contributed by atoms with van der Waals surface area (Å²) in [6.45, 7) is 2.31. The molecule has 0 aliphatic heterocycles. The van der Waals surface area contributed by atoms with Crippen molar-refractivity contribution in [2.45, 2.75) is 25.9 Å². The van der Waals surface area contributed by atoms with Gasteiger partial charge in [0, 0.05) is 23.6 Å². The molecule has 1 rings (SSSR count). The minimum atomic E-state index is -0.453. The van der Waals surface area contributed by atoms with E-state index in [2.05, 4.69) is 0 Å². The summed E-state index contributed by atoms with van der Waals surface area (Å²) in [7, 11) is 1.71. The first-order valence-electron chi connectivity index (χ1n) is 5.40. The molecule has 3 nitrogen and oxygen atoms in total. The maximum atomic E-state index is 11.8. The standard InChI is InChI=1S/C12H16Cl2N2O/c1-3-11(15)12(17)16(2)7-8-4-5-9(13)6-10(8)14/h4-6,11H,3,7,15H2,1-2H3. The van der Waals surface area contributed by atoms with Gasteiger partial charge in [0.15, 0.2) is 0 Å². The van der Waals surface area contributed by atoms with Crippen molar-refractivity contribution in [2.75, 3.05) is 7.05 Å². The fourth-order valence-corrected chi connectivity index (χ4v) is 1.91. The lowest BCUT2D eigenvalue weighted by atomic mass is 10.2. The molecule has 2 N–H and O–H groups in total. The maximum Gasteiger partial charge on any atom is 0.239 e. The first kappa shape index (κ1) is 14.3. The summed E-state index contributed by atoms with van der Waals surface area (Å²) in [5.41, 5.74) is 6.54. The summed E-state index contributed by atoms with van der Waals surface area (Å²) in [5.74, 6) is -0.0847. The highest BCUT2D eigenvalue weighted by molar-refractivity contribution is 6.35. The molecule has 17 heavy (non-hydrogen) atoms. The van der Waals surface area contributed by atoms with Crippen LogP contribution in [0.4, 0.5) is 0 Å². The van der Waals surface area contributed by atoms with E-state index in [1.54, 1.807) is 24.1 Å². The molecule has 1 unspecified atom stereocenters. The smallest absolute Gasteiger partial charge is 0.239 e. The van der Waals surface area contributed by atoms with Crippen molar-refractivity contribution in [2.24, 2.45) is 5.73 Å². The second-order valence-corrected chi connectivity index (χ2v) is 4.79. The Hall–Kier alpha value is -0.770. The van der Waals surface area contributed by atoms with Gasteiger partial charge >= 0.3 is 0 Å². The minimum Gasteiger partial charge on any atom is -0.340 e. The van der Waals surface area contributed by atoms with Gasteiger partial charge in [-0.2, -0.15) is 0 Å². The molecule has 1 amide bonds. The number of carbonyl (C=O) groups is 1. The molecule has 94 valence electrons. The molecule has 1 atom stereocenters. The first-order valence-corrected chi connectivity index (χ1v) is 6.15. The van der Waals surface area contributed by atoms with Crippen LogP contribution in [-0.4, -0.2) is 23.9 Å². The van der Waals surface area contributed by atoms with Gasteiger partial charge < -0.3 is 10.6 Å². The molecule has 1 aromatic carbocycles. The maximum absolute atomic E-state index is 11.8. The Balaban J connectivity index is 2.74. The van der Waals surface area contributed by atoms with Crippen LogP contribution in [-0.2, 0) is 11.3 Å². The number of halogens is 2. The molecular formula is C12H16Cl2N2O. The second-order valence-electron chi connectivity index (χ2n) is 3.94. The highest BCUT2D eigenvalue weighted by Gasteiger charge is 2.17. The Kier molecular flexibility index (Phi) is 5.25. The average Bonchev–Trinajstić information content (AvgIpc) is 2.30.